The van der Waals surface area contributed by atoms with Gasteiger partial charge in [0.15, 0.2) is 15.7 Å². The minimum atomic E-state index is -4.61. The van der Waals surface area contributed by atoms with E-state index >= 15 is 0 Å². The van der Waals surface area contributed by atoms with Crippen LogP contribution in [-0.2, 0) is 23.1 Å². The molecule has 0 atom stereocenters. The topological polar surface area (TPSA) is 77.7 Å². The van der Waals surface area contributed by atoms with Crippen molar-refractivity contribution in [3.63, 3.8) is 0 Å². The third-order valence-electron chi connectivity index (χ3n) is 3.81. The molecule has 0 bridgehead atoms. The van der Waals surface area contributed by atoms with Crippen LogP contribution < -0.4 is 0 Å². The van der Waals surface area contributed by atoms with Crippen LogP contribution in [0, 0.1) is 0 Å². The van der Waals surface area contributed by atoms with E-state index in [0.29, 0.717) is 5.52 Å². The van der Waals surface area contributed by atoms with Crippen molar-refractivity contribution in [1.29, 1.82) is 0 Å². The monoisotopic (exact) mass is 404 g/mol. The molecule has 0 amide bonds. The molecule has 3 heterocycles. The van der Waals surface area contributed by atoms with Crippen LogP contribution in [0.5, 0.6) is 0 Å². The molecule has 0 saturated carbocycles. The predicted octanol–water partition coefficient (Wildman–Crippen LogP) is 3.50. The maximum Gasteiger partial charge on any atom is 0.433 e. The van der Waals surface area contributed by atoms with Gasteiger partial charge in [-0.05, 0) is 18.2 Å². The number of nitrogens with zero attached hydrogens (tertiary/aromatic N) is 4. The Kier molecular flexibility index (Phi) is 4.43. The molecule has 0 aliphatic heterocycles. The molecule has 0 aliphatic carbocycles. The summed E-state index contributed by atoms with van der Waals surface area (Å²) in [5.74, 6) is -0.0943. The lowest BCUT2D eigenvalue weighted by Gasteiger charge is -2.09. The van der Waals surface area contributed by atoms with Crippen LogP contribution in [0.15, 0.2) is 29.3 Å². The number of sulfone groups is 1. The maximum atomic E-state index is 12.9. The molecule has 0 aliphatic rings. The number of pyridine rings is 2. The number of aryl methyl sites for hydroxylation is 1. The second-order valence-electron chi connectivity index (χ2n) is 5.43. The van der Waals surface area contributed by atoms with Crippen LogP contribution in [-0.4, -0.2) is 33.7 Å². The van der Waals surface area contributed by atoms with Crippen LogP contribution in [0.3, 0.4) is 0 Å². The molecule has 3 aromatic rings. The average molecular weight is 405 g/mol. The van der Waals surface area contributed by atoms with E-state index in [2.05, 4.69) is 15.0 Å². The zero-order valence-electron chi connectivity index (χ0n) is 13.5. The first kappa shape index (κ1) is 18.6. The highest BCUT2D eigenvalue weighted by Gasteiger charge is 2.33. The number of hydrogen-bond acceptors (Lipinski definition) is 5. The molecule has 0 aromatic carbocycles. The Morgan fingerprint density at radius 3 is 2.54 bits per heavy atom. The van der Waals surface area contributed by atoms with Gasteiger partial charge >= 0.3 is 6.18 Å². The van der Waals surface area contributed by atoms with Gasteiger partial charge in [0.2, 0.25) is 0 Å². The number of alkyl halides is 3. The lowest BCUT2D eigenvalue weighted by atomic mass is 10.3. The minimum absolute atomic E-state index is 0.0199. The lowest BCUT2D eigenvalue weighted by Crippen LogP contribution is -2.08. The Morgan fingerprint density at radius 2 is 1.92 bits per heavy atom. The molecular weight excluding hydrogens is 393 g/mol. The second kappa shape index (κ2) is 6.20. The molecular formula is C15H12ClF3N4O2S. The highest BCUT2D eigenvalue weighted by Crippen LogP contribution is 2.32. The van der Waals surface area contributed by atoms with Gasteiger partial charge in [0.25, 0.3) is 0 Å². The molecule has 0 unspecified atom stereocenters. The summed E-state index contributed by atoms with van der Waals surface area (Å²) in [6.07, 6.45) is -3.58. The SMILES string of the molecule is CCS(=O)(=O)c1ccc(Cl)nc1-c1nc2cc(C(F)(F)F)ncc2n1C. The van der Waals surface area contributed by atoms with Gasteiger partial charge in [-0.1, -0.05) is 18.5 Å². The van der Waals surface area contributed by atoms with Gasteiger partial charge in [0.05, 0.1) is 27.9 Å². The summed E-state index contributed by atoms with van der Waals surface area (Å²) < 4.78 is 64.7. The number of halogens is 4. The molecule has 6 nitrogen and oxygen atoms in total. The Labute approximate surface area is 151 Å². The Balaban J connectivity index is 2.30. The smallest absolute Gasteiger partial charge is 0.324 e. The molecule has 3 aromatic heterocycles. The minimum Gasteiger partial charge on any atom is -0.324 e. The highest BCUT2D eigenvalue weighted by molar-refractivity contribution is 7.91. The quantitative estimate of drug-likeness (QED) is 0.624. The molecule has 0 saturated heterocycles. The zero-order valence-corrected chi connectivity index (χ0v) is 15.1. The van der Waals surface area contributed by atoms with E-state index in [0.717, 1.165) is 12.3 Å². The molecule has 11 heteroatoms. The second-order valence-corrected chi connectivity index (χ2v) is 8.07. The summed E-state index contributed by atoms with van der Waals surface area (Å²) in [5, 5.41) is 0.0382. The number of hydrogen-bond donors (Lipinski definition) is 0. The number of aromatic nitrogens is 4. The van der Waals surface area contributed by atoms with E-state index in [-0.39, 0.29) is 32.8 Å². The van der Waals surface area contributed by atoms with Crippen molar-refractivity contribution >= 4 is 32.5 Å². The number of rotatable bonds is 3. The Morgan fingerprint density at radius 1 is 1.23 bits per heavy atom. The van der Waals surface area contributed by atoms with Crippen LogP contribution in [0.1, 0.15) is 12.6 Å². The van der Waals surface area contributed by atoms with Gasteiger partial charge in [-0.25, -0.2) is 23.4 Å². The molecule has 0 N–H and O–H groups in total. The Hall–Kier alpha value is -2.20. The third kappa shape index (κ3) is 3.14. The molecule has 26 heavy (non-hydrogen) atoms. The predicted molar refractivity (Wildman–Crippen MR) is 89.5 cm³/mol. The van der Waals surface area contributed by atoms with E-state index < -0.39 is 21.7 Å². The summed E-state index contributed by atoms with van der Waals surface area (Å²) in [6, 6.07) is 3.44. The van der Waals surface area contributed by atoms with Gasteiger partial charge in [0, 0.05) is 7.05 Å². The maximum absolute atomic E-state index is 12.9. The summed E-state index contributed by atoms with van der Waals surface area (Å²) in [4.78, 5) is 11.5. The lowest BCUT2D eigenvalue weighted by molar-refractivity contribution is -0.141. The molecule has 138 valence electrons. The van der Waals surface area contributed by atoms with Crippen LogP contribution in [0.25, 0.3) is 22.6 Å². The van der Waals surface area contributed by atoms with E-state index in [1.54, 1.807) is 0 Å². The van der Waals surface area contributed by atoms with Crippen molar-refractivity contribution in [1.82, 2.24) is 19.5 Å². The number of fused-ring (bicyclic) bond motifs is 1. The fraction of sp³-hybridized carbons (Fsp3) is 0.267. The molecule has 0 fully saturated rings. The van der Waals surface area contributed by atoms with Crippen molar-refractivity contribution < 1.29 is 21.6 Å². The van der Waals surface area contributed by atoms with Gasteiger partial charge < -0.3 is 4.57 Å². The average Bonchev–Trinajstić information content (AvgIpc) is 2.90. The van der Waals surface area contributed by atoms with Gasteiger partial charge in [-0.15, -0.1) is 0 Å². The van der Waals surface area contributed by atoms with Crippen LogP contribution >= 0.6 is 11.6 Å². The highest BCUT2D eigenvalue weighted by atomic mass is 35.5. The van der Waals surface area contributed by atoms with E-state index in [9.17, 15) is 21.6 Å². The Bertz CT molecular complexity index is 1110. The van der Waals surface area contributed by atoms with Crippen molar-refractivity contribution in [2.45, 2.75) is 18.0 Å². The van der Waals surface area contributed by atoms with Gasteiger partial charge in [-0.2, -0.15) is 13.2 Å². The van der Waals surface area contributed by atoms with Crippen molar-refractivity contribution in [2.24, 2.45) is 7.05 Å². The van der Waals surface area contributed by atoms with Crippen LogP contribution in [0.2, 0.25) is 5.15 Å². The first-order chi connectivity index (χ1) is 12.0. The van der Waals surface area contributed by atoms with Gasteiger partial charge in [-0.3, -0.25) is 0 Å². The summed E-state index contributed by atoms with van der Waals surface area (Å²) in [7, 11) is -2.12. The van der Waals surface area contributed by atoms with Gasteiger partial charge in [0.1, 0.15) is 16.5 Å². The van der Waals surface area contributed by atoms with E-state index in [1.165, 1.54) is 30.7 Å². The first-order valence-corrected chi connectivity index (χ1v) is 9.37. The molecule has 0 spiro atoms. The first-order valence-electron chi connectivity index (χ1n) is 7.34. The van der Waals surface area contributed by atoms with E-state index in [1.807, 2.05) is 0 Å². The standard InChI is InChI=1S/C15H12ClF3N4O2S/c1-3-26(24,25)10-4-5-12(16)22-13(10)14-21-8-6-11(15(17,18)19)20-7-9(8)23(14)2/h4-7H,3H2,1-2H3. The largest absolute Gasteiger partial charge is 0.433 e. The van der Waals surface area contributed by atoms with Crippen molar-refractivity contribution in [3.05, 3.63) is 35.2 Å². The normalized spacial score (nSPS) is 12.7. The van der Waals surface area contributed by atoms with E-state index in [4.69, 9.17) is 11.6 Å². The zero-order chi connectivity index (χ0) is 19.3. The molecule has 0 radical (unpaired) electrons. The molecule has 3 rings (SSSR count). The fourth-order valence-corrected chi connectivity index (χ4v) is 3.61. The summed E-state index contributed by atoms with van der Waals surface area (Å²) >= 11 is 5.89. The number of imidazole rings is 1. The summed E-state index contributed by atoms with van der Waals surface area (Å²) in [6.45, 7) is 1.47. The summed E-state index contributed by atoms with van der Waals surface area (Å²) in [5.41, 5.74) is -0.789. The van der Waals surface area contributed by atoms with Crippen molar-refractivity contribution in [2.75, 3.05) is 5.75 Å². The van der Waals surface area contributed by atoms with Crippen LogP contribution in [0.4, 0.5) is 13.2 Å². The fourth-order valence-electron chi connectivity index (χ4n) is 2.44. The third-order valence-corrected chi connectivity index (χ3v) is 5.78. The van der Waals surface area contributed by atoms with Crippen molar-refractivity contribution in [3.8, 4) is 11.5 Å².